The molecule has 2 aliphatic rings. The van der Waals surface area contributed by atoms with Crippen LogP contribution in [0.5, 0.6) is 5.75 Å². The number of fused-ring (bicyclic) bond motifs is 1. The number of hydrogen-bond donors (Lipinski definition) is 3. The van der Waals surface area contributed by atoms with Gasteiger partial charge in [-0.15, -0.1) is 0 Å². The first-order valence-electron chi connectivity index (χ1n) is 9.99. The first-order valence-corrected chi connectivity index (χ1v) is 10.4. The van der Waals surface area contributed by atoms with Crippen LogP contribution in [-0.2, 0) is 17.6 Å². The Morgan fingerprint density at radius 3 is 2.50 bits per heavy atom. The van der Waals surface area contributed by atoms with Crippen molar-refractivity contribution in [2.24, 2.45) is 0 Å². The maximum Gasteiger partial charge on any atom is 0.164 e. The molecule has 4 atom stereocenters. The van der Waals surface area contributed by atoms with Crippen LogP contribution in [0.25, 0.3) is 11.1 Å². The number of nitriles is 1. The van der Waals surface area contributed by atoms with Gasteiger partial charge in [0.1, 0.15) is 34.8 Å². The van der Waals surface area contributed by atoms with E-state index in [1.165, 1.54) is 0 Å². The molecule has 7 nitrogen and oxygen atoms in total. The molecule has 8 heteroatoms. The molecule has 0 spiro atoms. The van der Waals surface area contributed by atoms with Gasteiger partial charge in [0.2, 0.25) is 0 Å². The Balaban J connectivity index is 1.94. The van der Waals surface area contributed by atoms with E-state index in [1.807, 2.05) is 24.3 Å². The minimum Gasteiger partial charge on any atom is -0.497 e. The maximum absolute atomic E-state index is 10.6. The zero-order valence-electron chi connectivity index (χ0n) is 16.6. The molecule has 1 aliphatic carbocycles. The quantitative estimate of drug-likeness (QED) is 0.641. The van der Waals surface area contributed by atoms with E-state index >= 15 is 0 Å². The largest absolute Gasteiger partial charge is 0.497 e. The Kier molecular flexibility index (Phi) is 5.91. The third kappa shape index (κ3) is 3.33. The number of benzene rings is 1. The van der Waals surface area contributed by atoms with Crippen LogP contribution in [0.15, 0.2) is 24.3 Å². The molecule has 1 aromatic heterocycles. The van der Waals surface area contributed by atoms with Crippen LogP contribution >= 0.6 is 12.2 Å². The molecular formula is C22H24N2O5S. The Bertz CT molecular complexity index is 1040. The molecule has 0 amide bonds. The zero-order valence-corrected chi connectivity index (χ0v) is 17.4. The van der Waals surface area contributed by atoms with E-state index in [2.05, 4.69) is 6.07 Å². The van der Waals surface area contributed by atoms with Crippen LogP contribution in [-0.4, -0.2) is 51.9 Å². The number of ether oxygens (including phenoxy) is 2. The summed E-state index contributed by atoms with van der Waals surface area (Å²) in [4.78, 5) is 0. The second-order valence-corrected chi connectivity index (χ2v) is 8.01. The standard InChI is InChI=1S/C22H24N2O5S/c1-28-13-8-6-12(7-9-13)18-14-4-2-3-5-16(14)24(22(30)15(18)10-23)21-20(27)19(26)17(11-25)29-21/h6-9,17,19-21,25-27H,2-5,11H2,1H3/t17-,19-,20-,21-/m1/s1. The molecule has 0 unspecified atom stereocenters. The van der Waals surface area contributed by atoms with Gasteiger partial charge in [-0.2, -0.15) is 5.26 Å². The van der Waals surface area contributed by atoms with Gasteiger partial charge in [-0.05, 0) is 48.9 Å². The van der Waals surface area contributed by atoms with Gasteiger partial charge in [0.25, 0.3) is 0 Å². The molecule has 0 radical (unpaired) electrons. The number of nitrogens with zero attached hydrogens (tertiary/aromatic N) is 2. The van der Waals surface area contributed by atoms with E-state index in [0.29, 0.717) is 5.56 Å². The number of aliphatic hydroxyl groups excluding tert-OH is 3. The van der Waals surface area contributed by atoms with Crippen molar-refractivity contribution in [3.63, 3.8) is 0 Å². The van der Waals surface area contributed by atoms with Gasteiger partial charge in [-0.25, -0.2) is 0 Å². The van der Waals surface area contributed by atoms with Crippen molar-refractivity contribution in [3.05, 3.63) is 45.7 Å². The molecule has 1 aromatic carbocycles. The van der Waals surface area contributed by atoms with Gasteiger partial charge < -0.3 is 29.4 Å². The van der Waals surface area contributed by atoms with Gasteiger partial charge in [0.05, 0.1) is 19.3 Å². The molecule has 2 aromatic rings. The number of aliphatic hydroxyl groups is 3. The van der Waals surface area contributed by atoms with Crippen LogP contribution in [0.4, 0.5) is 0 Å². The summed E-state index contributed by atoms with van der Waals surface area (Å²) in [7, 11) is 1.60. The monoisotopic (exact) mass is 428 g/mol. The summed E-state index contributed by atoms with van der Waals surface area (Å²) in [5.74, 6) is 0.724. The van der Waals surface area contributed by atoms with E-state index < -0.39 is 31.1 Å². The highest BCUT2D eigenvalue weighted by Gasteiger charge is 2.44. The van der Waals surface area contributed by atoms with Crippen molar-refractivity contribution in [1.82, 2.24) is 4.57 Å². The first-order chi connectivity index (χ1) is 14.5. The summed E-state index contributed by atoms with van der Waals surface area (Å²) >= 11 is 5.70. The lowest BCUT2D eigenvalue weighted by Crippen LogP contribution is -2.34. The number of pyridine rings is 1. The highest BCUT2D eigenvalue weighted by molar-refractivity contribution is 7.71. The van der Waals surface area contributed by atoms with E-state index in [1.54, 1.807) is 11.7 Å². The minimum atomic E-state index is -1.25. The molecule has 1 fully saturated rings. The topological polar surface area (TPSA) is 108 Å². The molecule has 2 heterocycles. The average molecular weight is 429 g/mol. The second-order valence-electron chi connectivity index (χ2n) is 7.63. The summed E-state index contributed by atoms with van der Waals surface area (Å²) in [5, 5.41) is 40.3. The van der Waals surface area contributed by atoms with E-state index in [-0.39, 0.29) is 4.64 Å². The Morgan fingerprint density at radius 2 is 1.90 bits per heavy atom. The predicted octanol–water partition coefficient (Wildman–Crippen LogP) is 2.26. The molecule has 3 N–H and O–H groups in total. The zero-order chi connectivity index (χ0) is 21.4. The van der Waals surface area contributed by atoms with Crippen LogP contribution in [0.1, 0.15) is 35.9 Å². The van der Waals surface area contributed by atoms with Crippen LogP contribution < -0.4 is 4.74 Å². The molecule has 1 saturated heterocycles. The summed E-state index contributed by atoms with van der Waals surface area (Å²) in [6, 6.07) is 9.77. The first kappa shape index (κ1) is 21.0. The van der Waals surface area contributed by atoms with Gasteiger partial charge in [0.15, 0.2) is 6.23 Å². The fourth-order valence-corrected chi connectivity index (χ4v) is 4.83. The Labute approximate surface area is 179 Å². The lowest BCUT2D eigenvalue weighted by atomic mass is 9.86. The number of rotatable bonds is 4. The van der Waals surface area contributed by atoms with E-state index in [9.17, 15) is 20.6 Å². The van der Waals surface area contributed by atoms with Crippen LogP contribution in [0.2, 0.25) is 0 Å². The van der Waals surface area contributed by atoms with Crippen LogP contribution in [0, 0.1) is 16.0 Å². The second kappa shape index (κ2) is 8.46. The minimum absolute atomic E-state index is 0.263. The van der Waals surface area contributed by atoms with Crippen molar-refractivity contribution >= 4 is 12.2 Å². The fourth-order valence-electron chi connectivity index (χ4n) is 4.47. The lowest BCUT2D eigenvalue weighted by molar-refractivity contribution is -0.0550. The molecule has 30 heavy (non-hydrogen) atoms. The summed E-state index contributed by atoms with van der Waals surface area (Å²) in [5.41, 5.74) is 3.95. The highest BCUT2D eigenvalue weighted by atomic mass is 32.1. The van der Waals surface area contributed by atoms with Gasteiger partial charge in [0, 0.05) is 11.3 Å². The predicted molar refractivity (Wildman–Crippen MR) is 112 cm³/mol. The van der Waals surface area contributed by atoms with Gasteiger partial charge in [-0.3, -0.25) is 0 Å². The molecule has 0 bridgehead atoms. The highest BCUT2D eigenvalue weighted by Crippen LogP contribution is 2.40. The van der Waals surface area contributed by atoms with Crippen molar-refractivity contribution in [3.8, 4) is 22.9 Å². The smallest absolute Gasteiger partial charge is 0.164 e. The normalized spacial score (nSPS) is 25.6. The van der Waals surface area contributed by atoms with Gasteiger partial charge >= 0.3 is 0 Å². The Hall–Kier alpha value is -2.28. The summed E-state index contributed by atoms with van der Waals surface area (Å²) in [6.45, 7) is -0.417. The van der Waals surface area contributed by atoms with Crippen molar-refractivity contribution < 1.29 is 24.8 Å². The molecule has 158 valence electrons. The molecular weight excluding hydrogens is 404 g/mol. The van der Waals surface area contributed by atoms with Crippen molar-refractivity contribution in [1.29, 1.82) is 5.26 Å². The third-order valence-electron chi connectivity index (χ3n) is 5.98. The third-order valence-corrected chi connectivity index (χ3v) is 6.38. The Morgan fingerprint density at radius 1 is 1.20 bits per heavy atom. The maximum atomic E-state index is 10.6. The average Bonchev–Trinajstić information content (AvgIpc) is 3.06. The van der Waals surface area contributed by atoms with E-state index in [4.69, 9.17) is 21.7 Å². The van der Waals surface area contributed by atoms with E-state index in [0.717, 1.165) is 53.8 Å². The molecule has 4 rings (SSSR count). The lowest BCUT2D eigenvalue weighted by Gasteiger charge is -2.30. The van der Waals surface area contributed by atoms with Crippen LogP contribution in [0.3, 0.4) is 0 Å². The molecule has 0 saturated carbocycles. The summed E-state index contributed by atoms with van der Waals surface area (Å²) < 4.78 is 13.0. The fraction of sp³-hybridized carbons (Fsp3) is 0.455. The molecule has 1 aliphatic heterocycles. The summed E-state index contributed by atoms with van der Waals surface area (Å²) in [6.07, 6.45) is -0.911. The van der Waals surface area contributed by atoms with Crippen molar-refractivity contribution in [2.45, 2.75) is 50.2 Å². The SMILES string of the molecule is COc1ccc(-c2c3c(n([C@@H]4O[C@H](CO)[C@@H](O)[C@H]4O)c(=S)c2C#N)CCCC3)cc1. The van der Waals surface area contributed by atoms with Crippen molar-refractivity contribution in [2.75, 3.05) is 13.7 Å². The van der Waals surface area contributed by atoms with Gasteiger partial charge in [-0.1, -0.05) is 24.4 Å². The number of aromatic nitrogens is 1. The number of hydrogen-bond acceptors (Lipinski definition) is 7. The number of methoxy groups -OCH3 is 1.